The fourth-order valence-electron chi connectivity index (χ4n) is 1.74. The summed E-state index contributed by atoms with van der Waals surface area (Å²) in [6.07, 6.45) is 0. The molecule has 5 heteroatoms. The highest BCUT2D eigenvalue weighted by atomic mass is 35.5. The van der Waals surface area contributed by atoms with E-state index in [9.17, 15) is 4.39 Å². The topological polar surface area (TPSA) is 38.5 Å². The molecule has 0 atom stereocenters. The highest BCUT2D eigenvalue weighted by Crippen LogP contribution is 2.28. The van der Waals surface area contributed by atoms with Crippen LogP contribution in [0.3, 0.4) is 0 Å². The van der Waals surface area contributed by atoms with Crippen molar-refractivity contribution in [2.45, 2.75) is 6.61 Å². The Kier molecular flexibility index (Phi) is 4.35. The predicted molar refractivity (Wildman–Crippen MR) is 80.9 cm³/mol. The highest BCUT2D eigenvalue weighted by molar-refractivity contribution is 6.31. The molecule has 2 rings (SSSR count). The molecule has 0 saturated carbocycles. The first-order valence-corrected chi connectivity index (χ1v) is 6.49. The Bertz CT molecular complexity index is 617. The molecule has 0 aliphatic rings. The molecule has 0 heterocycles. The molecule has 0 unspecified atom stereocenters. The van der Waals surface area contributed by atoms with Gasteiger partial charge in [-0.25, -0.2) is 4.39 Å². The molecule has 0 aliphatic carbocycles. The van der Waals surface area contributed by atoms with E-state index in [1.165, 1.54) is 6.07 Å². The average Bonchev–Trinajstić information content (AvgIpc) is 2.41. The van der Waals surface area contributed by atoms with Gasteiger partial charge in [0.25, 0.3) is 0 Å². The molecule has 106 valence electrons. The van der Waals surface area contributed by atoms with Crippen LogP contribution in [0.1, 0.15) is 5.56 Å². The van der Waals surface area contributed by atoms with Crippen LogP contribution < -0.4 is 15.4 Å². The number of rotatable bonds is 4. The van der Waals surface area contributed by atoms with Crippen LogP contribution in [0.4, 0.5) is 15.8 Å². The van der Waals surface area contributed by atoms with Gasteiger partial charge in [-0.3, -0.25) is 0 Å². The Balaban J connectivity index is 2.18. The van der Waals surface area contributed by atoms with Crippen molar-refractivity contribution in [2.24, 2.45) is 0 Å². The number of nitrogens with two attached hydrogens (primary N) is 1. The number of nitrogen functional groups attached to an aromatic ring is 1. The Morgan fingerprint density at radius 1 is 1.25 bits per heavy atom. The maximum atomic E-state index is 13.3. The van der Waals surface area contributed by atoms with Crippen molar-refractivity contribution in [3.8, 4) is 5.75 Å². The summed E-state index contributed by atoms with van der Waals surface area (Å²) < 4.78 is 19.0. The standard InChI is InChI=1S/C15H16ClFN2O/c1-19(2)11-6-7-13(18)14(8-11)20-9-10-4-3-5-12(17)15(10)16/h3-8H,9,18H2,1-2H3. The first kappa shape index (κ1) is 14.5. The normalized spacial score (nSPS) is 10.4. The molecule has 0 aromatic heterocycles. The summed E-state index contributed by atoms with van der Waals surface area (Å²) in [5.41, 5.74) is 7.96. The van der Waals surface area contributed by atoms with Gasteiger partial charge >= 0.3 is 0 Å². The molecule has 0 saturated heterocycles. The van der Waals surface area contributed by atoms with Gasteiger partial charge in [-0.15, -0.1) is 0 Å². The quantitative estimate of drug-likeness (QED) is 0.874. The van der Waals surface area contributed by atoms with Crippen LogP contribution in [0.5, 0.6) is 5.75 Å². The maximum absolute atomic E-state index is 13.3. The van der Waals surface area contributed by atoms with Crippen molar-refractivity contribution in [3.05, 3.63) is 52.8 Å². The van der Waals surface area contributed by atoms with E-state index in [0.717, 1.165) is 5.69 Å². The molecule has 0 amide bonds. The second-order valence-electron chi connectivity index (χ2n) is 4.62. The van der Waals surface area contributed by atoms with Crippen LogP contribution >= 0.6 is 11.6 Å². The number of hydrogen-bond donors (Lipinski definition) is 1. The Labute approximate surface area is 122 Å². The first-order chi connectivity index (χ1) is 9.49. The molecule has 0 radical (unpaired) electrons. The lowest BCUT2D eigenvalue weighted by atomic mass is 10.2. The monoisotopic (exact) mass is 294 g/mol. The van der Waals surface area contributed by atoms with Crippen molar-refractivity contribution in [1.29, 1.82) is 0 Å². The third-order valence-corrected chi connectivity index (χ3v) is 3.35. The number of nitrogens with zero attached hydrogens (tertiary/aromatic N) is 1. The van der Waals surface area contributed by atoms with Gasteiger partial charge in [0.2, 0.25) is 0 Å². The largest absolute Gasteiger partial charge is 0.487 e. The van der Waals surface area contributed by atoms with Gasteiger partial charge in [0.15, 0.2) is 0 Å². The van der Waals surface area contributed by atoms with Crippen molar-refractivity contribution < 1.29 is 9.13 Å². The lowest BCUT2D eigenvalue weighted by molar-refractivity contribution is 0.307. The van der Waals surface area contributed by atoms with Crippen LogP contribution in [0, 0.1) is 5.82 Å². The van der Waals surface area contributed by atoms with Gasteiger partial charge in [-0.05, 0) is 18.2 Å². The van der Waals surface area contributed by atoms with Gasteiger partial charge in [0.05, 0.1) is 10.7 Å². The molecule has 0 fully saturated rings. The summed E-state index contributed by atoms with van der Waals surface area (Å²) >= 11 is 5.89. The minimum Gasteiger partial charge on any atom is -0.487 e. The van der Waals surface area contributed by atoms with E-state index in [1.54, 1.807) is 18.2 Å². The fraction of sp³-hybridized carbons (Fsp3) is 0.200. The number of halogens is 2. The van der Waals surface area contributed by atoms with E-state index < -0.39 is 5.82 Å². The zero-order valence-electron chi connectivity index (χ0n) is 11.4. The lowest BCUT2D eigenvalue weighted by Crippen LogP contribution is -2.09. The van der Waals surface area contributed by atoms with Crippen LogP contribution in [0.25, 0.3) is 0 Å². The van der Waals surface area contributed by atoms with Crippen LogP contribution in [0.15, 0.2) is 36.4 Å². The molecule has 2 N–H and O–H groups in total. The van der Waals surface area contributed by atoms with E-state index >= 15 is 0 Å². The van der Waals surface area contributed by atoms with Gasteiger partial charge in [0.1, 0.15) is 18.2 Å². The van der Waals surface area contributed by atoms with Gasteiger partial charge in [-0.2, -0.15) is 0 Å². The molecule has 0 bridgehead atoms. The van der Waals surface area contributed by atoms with Gasteiger partial charge in [0, 0.05) is 31.4 Å². The summed E-state index contributed by atoms with van der Waals surface area (Å²) in [4.78, 5) is 1.95. The van der Waals surface area contributed by atoms with Crippen molar-refractivity contribution >= 4 is 23.0 Å². The lowest BCUT2D eigenvalue weighted by Gasteiger charge is -2.16. The summed E-state index contributed by atoms with van der Waals surface area (Å²) in [5.74, 6) is 0.0966. The molecular weight excluding hydrogens is 279 g/mol. The van der Waals surface area contributed by atoms with E-state index in [1.807, 2.05) is 31.1 Å². The smallest absolute Gasteiger partial charge is 0.144 e. The average molecular weight is 295 g/mol. The maximum Gasteiger partial charge on any atom is 0.144 e. The summed E-state index contributed by atoms with van der Waals surface area (Å²) in [6.45, 7) is 0.164. The predicted octanol–water partition coefficient (Wildman–Crippen LogP) is 3.71. The SMILES string of the molecule is CN(C)c1ccc(N)c(OCc2cccc(F)c2Cl)c1. The third kappa shape index (κ3) is 3.14. The Morgan fingerprint density at radius 3 is 2.70 bits per heavy atom. The molecule has 3 nitrogen and oxygen atoms in total. The Morgan fingerprint density at radius 2 is 2.00 bits per heavy atom. The molecule has 2 aromatic carbocycles. The first-order valence-electron chi connectivity index (χ1n) is 6.11. The number of hydrogen-bond acceptors (Lipinski definition) is 3. The van der Waals surface area contributed by atoms with Crippen LogP contribution in [-0.4, -0.2) is 14.1 Å². The van der Waals surface area contributed by atoms with Gasteiger partial charge in [-0.1, -0.05) is 23.7 Å². The zero-order valence-corrected chi connectivity index (χ0v) is 12.1. The fourth-order valence-corrected chi connectivity index (χ4v) is 1.92. The van der Waals surface area contributed by atoms with E-state index in [0.29, 0.717) is 17.0 Å². The second-order valence-corrected chi connectivity index (χ2v) is 5.00. The number of anilines is 2. The molecule has 0 aliphatic heterocycles. The van der Waals surface area contributed by atoms with Gasteiger partial charge < -0.3 is 15.4 Å². The zero-order chi connectivity index (χ0) is 14.7. The number of ether oxygens (including phenoxy) is 1. The Hall–Kier alpha value is -1.94. The van der Waals surface area contributed by atoms with E-state index in [4.69, 9.17) is 22.1 Å². The van der Waals surface area contributed by atoms with Crippen molar-refractivity contribution in [3.63, 3.8) is 0 Å². The van der Waals surface area contributed by atoms with E-state index in [-0.39, 0.29) is 11.6 Å². The van der Waals surface area contributed by atoms with Crippen LogP contribution in [-0.2, 0) is 6.61 Å². The minimum atomic E-state index is -0.456. The highest BCUT2D eigenvalue weighted by Gasteiger charge is 2.08. The third-order valence-electron chi connectivity index (χ3n) is 2.93. The molecule has 20 heavy (non-hydrogen) atoms. The minimum absolute atomic E-state index is 0.0786. The molecular formula is C15H16ClFN2O. The summed E-state index contributed by atoms with van der Waals surface area (Å²) in [7, 11) is 3.86. The summed E-state index contributed by atoms with van der Waals surface area (Å²) in [5, 5.41) is 0.0786. The second kappa shape index (κ2) is 6.01. The summed E-state index contributed by atoms with van der Waals surface area (Å²) in [6, 6.07) is 10.1. The number of benzene rings is 2. The van der Waals surface area contributed by atoms with Crippen molar-refractivity contribution in [1.82, 2.24) is 0 Å². The molecule has 0 spiro atoms. The molecule has 2 aromatic rings. The van der Waals surface area contributed by atoms with Crippen LogP contribution in [0.2, 0.25) is 5.02 Å². The van der Waals surface area contributed by atoms with Crippen molar-refractivity contribution in [2.75, 3.05) is 24.7 Å². The van der Waals surface area contributed by atoms with E-state index in [2.05, 4.69) is 0 Å².